The monoisotopic (exact) mass is 288 g/mol. The molecule has 6 heteroatoms. The van der Waals surface area contributed by atoms with Gasteiger partial charge in [-0.15, -0.1) is 6.58 Å². The van der Waals surface area contributed by atoms with E-state index in [4.69, 9.17) is 0 Å². The molecule has 2 amide bonds. The number of hydrogen-bond donors (Lipinski definition) is 2. The van der Waals surface area contributed by atoms with Crippen LogP contribution in [0.15, 0.2) is 36.9 Å². The highest BCUT2D eigenvalue weighted by Crippen LogP contribution is 2.19. The topological polar surface area (TPSA) is 59.0 Å². The van der Waals surface area contributed by atoms with E-state index in [2.05, 4.69) is 22.3 Å². The Balaban J connectivity index is 2.20. The van der Waals surface area contributed by atoms with Crippen LogP contribution in [0, 0.1) is 19.7 Å². The number of halogens is 1. The predicted molar refractivity (Wildman–Crippen MR) is 80.2 cm³/mol. The van der Waals surface area contributed by atoms with Crippen molar-refractivity contribution in [3.8, 4) is 5.69 Å². The van der Waals surface area contributed by atoms with Crippen LogP contribution in [0.5, 0.6) is 0 Å². The number of aryl methyl sites for hydroxylation is 2. The lowest BCUT2D eigenvalue weighted by atomic mass is 10.2. The van der Waals surface area contributed by atoms with Gasteiger partial charge in [0.2, 0.25) is 0 Å². The van der Waals surface area contributed by atoms with Crippen LogP contribution in [0.4, 0.5) is 14.9 Å². The molecular weight excluding hydrogens is 271 g/mol. The van der Waals surface area contributed by atoms with Crippen LogP contribution in [0.1, 0.15) is 11.4 Å². The number of hydrogen-bond acceptors (Lipinski definition) is 2. The van der Waals surface area contributed by atoms with E-state index >= 15 is 0 Å². The van der Waals surface area contributed by atoms with Crippen molar-refractivity contribution >= 4 is 11.7 Å². The highest BCUT2D eigenvalue weighted by Gasteiger charge is 2.10. The van der Waals surface area contributed by atoms with Crippen molar-refractivity contribution in [1.29, 1.82) is 0 Å². The fourth-order valence-electron chi connectivity index (χ4n) is 1.97. The Bertz CT molecular complexity index is 678. The summed E-state index contributed by atoms with van der Waals surface area (Å²) >= 11 is 0. The van der Waals surface area contributed by atoms with E-state index in [9.17, 15) is 9.18 Å². The quantitative estimate of drug-likeness (QED) is 0.850. The standard InChI is InChI=1S/C15H17FN4O/c1-4-7-17-15(21)18-12-5-6-14(13(16)9-12)20-11(3)8-10(2)19-20/h4-6,8-9H,1,7H2,2-3H3,(H2,17,18,21). The summed E-state index contributed by atoms with van der Waals surface area (Å²) < 4.78 is 15.7. The molecule has 2 rings (SSSR count). The van der Waals surface area contributed by atoms with Crippen molar-refractivity contribution in [3.05, 3.63) is 54.1 Å². The number of aromatic nitrogens is 2. The molecule has 110 valence electrons. The molecule has 0 fully saturated rings. The first kappa shape index (κ1) is 14.8. The van der Waals surface area contributed by atoms with Crippen LogP contribution in [-0.2, 0) is 0 Å². The van der Waals surface area contributed by atoms with Crippen molar-refractivity contribution in [2.75, 3.05) is 11.9 Å². The Labute approximate surface area is 122 Å². The van der Waals surface area contributed by atoms with Gasteiger partial charge in [0.25, 0.3) is 0 Å². The van der Waals surface area contributed by atoms with E-state index in [0.29, 0.717) is 17.9 Å². The number of anilines is 1. The zero-order valence-electron chi connectivity index (χ0n) is 12.0. The summed E-state index contributed by atoms with van der Waals surface area (Å²) in [5, 5.41) is 9.34. The molecule has 5 nitrogen and oxygen atoms in total. The van der Waals surface area contributed by atoms with Crippen molar-refractivity contribution in [1.82, 2.24) is 15.1 Å². The third-order valence-corrected chi connectivity index (χ3v) is 2.85. The van der Waals surface area contributed by atoms with E-state index in [1.165, 1.54) is 10.7 Å². The number of carbonyl (C=O) groups is 1. The summed E-state index contributed by atoms with van der Waals surface area (Å²) in [7, 11) is 0. The van der Waals surface area contributed by atoms with Crippen molar-refractivity contribution in [3.63, 3.8) is 0 Å². The maximum atomic E-state index is 14.2. The Morgan fingerprint density at radius 2 is 2.19 bits per heavy atom. The van der Waals surface area contributed by atoms with Crippen LogP contribution in [-0.4, -0.2) is 22.4 Å². The lowest BCUT2D eigenvalue weighted by Gasteiger charge is -2.09. The molecule has 0 saturated carbocycles. The lowest BCUT2D eigenvalue weighted by molar-refractivity contribution is 0.253. The summed E-state index contributed by atoms with van der Waals surface area (Å²) in [6, 6.07) is 5.93. The van der Waals surface area contributed by atoms with Crippen molar-refractivity contribution in [2.45, 2.75) is 13.8 Å². The van der Waals surface area contributed by atoms with Crippen molar-refractivity contribution in [2.24, 2.45) is 0 Å². The maximum Gasteiger partial charge on any atom is 0.319 e. The second-order valence-corrected chi connectivity index (χ2v) is 4.63. The SMILES string of the molecule is C=CCNC(=O)Nc1ccc(-n2nc(C)cc2C)c(F)c1. The maximum absolute atomic E-state index is 14.2. The number of nitrogens with zero attached hydrogens (tertiary/aromatic N) is 2. The minimum Gasteiger partial charge on any atom is -0.334 e. The zero-order valence-corrected chi connectivity index (χ0v) is 12.0. The molecule has 0 aliphatic carbocycles. The molecule has 1 aromatic heterocycles. The van der Waals surface area contributed by atoms with Gasteiger partial charge in [0.1, 0.15) is 5.69 Å². The predicted octanol–water partition coefficient (Wildman–Crippen LogP) is 2.94. The number of benzene rings is 1. The molecule has 0 radical (unpaired) electrons. The molecule has 0 bridgehead atoms. The molecule has 0 aliphatic heterocycles. The largest absolute Gasteiger partial charge is 0.334 e. The van der Waals surface area contributed by atoms with Gasteiger partial charge in [-0.25, -0.2) is 13.9 Å². The fourth-order valence-corrected chi connectivity index (χ4v) is 1.97. The third-order valence-electron chi connectivity index (χ3n) is 2.85. The summed E-state index contributed by atoms with van der Waals surface area (Å²) in [6.45, 7) is 7.55. The van der Waals surface area contributed by atoms with Gasteiger partial charge < -0.3 is 10.6 Å². The minimum atomic E-state index is -0.456. The van der Waals surface area contributed by atoms with Crippen LogP contribution < -0.4 is 10.6 Å². The number of urea groups is 1. The molecule has 1 heterocycles. The second kappa shape index (κ2) is 6.21. The van der Waals surface area contributed by atoms with Gasteiger partial charge in [-0.3, -0.25) is 0 Å². The fraction of sp³-hybridized carbons (Fsp3) is 0.200. The van der Waals surface area contributed by atoms with Gasteiger partial charge >= 0.3 is 6.03 Å². The first-order valence-electron chi connectivity index (χ1n) is 6.50. The Morgan fingerprint density at radius 1 is 1.43 bits per heavy atom. The summed E-state index contributed by atoms with van der Waals surface area (Å²) in [5.41, 5.74) is 2.38. The van der Waals surface area contributed by atoms with Gasteiger partial charge in [-0.1, -0.05) is 6.08 Å². The van der Waals surface area contributed by atoms with Crippen LogP contribution in [0.2, 0.25) is 0 Å². The van der Waals surface area contributed by atoms with E-state index < -0.39 is 11.8 Å². The van der Waals surface area contributed by atoms with Gasteiger partial charge in [0.15, 0.2) is 5.82 Å². The number of carbonyl (C=O) groups excluding carboxylic acids is 1. The molecule has 0 atom stereocenters. The highest BCUT2D eigenvalue weighted by molar-refractivity contribution is 5.89. The zero-order chi connectivity index (χ0) is 15.4. The molecular formula is C15H17FN4O. The van der Waals surface area contributed by atoms with Crippen LogP contribution >= 0.6 is 0 Å². The Hall–Kier alpha value is -2.63. The van der Waals surface area contributed by atoms with Crippen LogP contribution in [0.3, 0.4) is 0 Å². The summed E-state index contributed by atoms with van der Waals surface area (Å²) in [5.74, 6) is -0.456. The van der Waals surface area contributed by atoms with Gasteiger partial charge in [0, 0.05) is 17.9 Å². The number of rotatable bonds is 4. The average Bonchev–Trinajstić information content (AvgIpc) is 2.75. The second-order valence-electron chi connectivity index (χ2n) is 4.63. The third kappa shape index (κ3) is 3.47. The van der Waals surface area contributed by atoms with E-state index in [1.807, 2.05) is 19.9 Å². The van der Waals surface area contributed by atoms with E-state index in [0.717, 1.165) is 11.4 Å². The molecule has 1 aromatic carbocycles. The first-order valence-corrected chi connectivity index (χ1v) is 6.50. The average molecular weight is 288 g/mol. The molecule has 0 saturated heterocycles. The van der Waals surface area contributed by atoms with E-state index in [-0.39, 0.29) is 0 Å². The summed E-state index contributed by atoms with van der Waals surface area (Å²) in [4.78, 5) is 11.5. The van der Waals surface area contributed by atoms with E-state index in [1.54, 1.807) is 18.2 Å². The van der Waals surface area contributed by atoms with Gasteiger partial charge in [-0.2, -0.15) is 5.10 Å². The smallest absolute Gasteiger partial charge is 0.319 e. The number of nitrogens with one attached hydrogen (secondary N) is 2. The highest BCUT2D eigenvalue weighted by atomic mass is 19.1. The normalized spacial score (nSPS) is 10.2. The Kier molecular flexibility index (Phi) is 4.37. The molecule has 21 heavy (non-hydrogen) atoms. The number of amides is 2. The van der Waals surface area contributed by atoms with Gasteiger partial charge in [-0.05, 0) is 38.1 Å². The molecule has 0 aliphatic rings. The van der Waals surface area contributed by atoms with Crippen LogP contribution in [0.25, 0.3) is 5.69 Å². The van der Waals surface area contributed by atoms with Gasteiger partial charge in [0.05, 0.1) is 5.69 Å². The first-order chi connectivity index (χ1) is 10.0. The van der Waals surface area contributed by atoms with Crippen molar-refractivity contribution < 1.29 is 9.18 Å². The Morgan fingerprint density at radius 3 is 2.76 bits per heavy atom. The lowest BCUT2D eigenvalue weighted by Crippen LogP contribution is -2.28. The molecule has 0 unspecified atom stereocenters. The summed E-state index contributed by atoms with van der Waals surface area (Å²) in [6.07, 6.45) is 1.56. The molecule has 2 N–H and O–H groups in total. The molecule has 2 aromatic rings. The molecule has 0 spiro atoms. The minimum absolute atomic E-state index is 0.345.